The summed E-state index contributed by atoms with van der Waals surface area (Å²) in [5.74, 6) is 0.183. The van der Waals surface area contributed by atoms with Crippen LogP contribution in [0.25, 0.3) is 0 Å². The van der Waals surface area contributed by atoms with Gasteiger partial charge in [-0.1, -0.05) is 30.3 Å². The number of sulfone groups is 1. The molecule has 1 saturated heterocycles. The van der Waals surface area contributed by atoms with Gasteiger partial charge in [0.15, 0.2) is 9.84 Å². The average molecular weight is 253 g/mol. The van der Waals surface area contributed by atoms with Crippen molar-refractivity contribution in [2.45, 2.75) is 23.8 Å². The molecule has 3 nitrogen and oxygen atoms in total. The van der Waals surface area contributed by atoms with Crippen molar-refractivity contribution in [1.82, 2.24) is 4.90 Å². The number of nitrogens with zero attached hydrogens (tertiary/aromatic N) is 1. The quantitative estimate of drug-likeness (QED) is 0.822. The lowest BCUT2D eigenvalue weighted by Crippen LogP contribution is -2.37. The minimum absolute atomic E-state index is 0.154. The van der Waals surface area contributed by atoms with Gasteiger partial charge in [-0.3, -0.25) is 0 Å². The highest BCUT2D eigenvalue weighted by Gasteiger charge is 2.28. The number of rotatable bonds is 3. The highest BCUT2D eigenvalue weighted by molar-refractivity contribution is 7.91. The summed E-state index contributed by atoms with van der Waals surface area (Å²) in [6.45, 7) is 1.78. The first-order valence-corrected chi connectivity index (χ1v) is 7.73. The number of piperidine rings is 1. The second kappa shape index (κ2) is 5.19. The van der Waals surface area contributed by atoms with Gasteiger partial charge in [-0.05, 0) is 38.5 Å². The van der Waals surface area contributed by atoms with Crippen molar-refractivity contribution in [3.63, 3.8) is 0 Å². The Morgan fingerprint density at radius 3 is 2.35 bits per heavy atom. The topological polar surface area (TPSA) is 37.4 Å². The highest BCUT2D eigenvalue weighted by Crippen LogP contribution is 2.20. The first-order valence-electron chi connectivity index (χ1n) is 6.02. The van der Waals surface area contributed by atoms with E-state index in [0.717, 1.165) is 31.5 Å². The van der Waals surface area contributed by atoms with Crippen molar-refractivity contribution in [3.05, 3.63) is 35.9 Å². The lowest BCUT2D eigenvalue weighted by molar-refractivity contribution is 0.277. The van der Waals surface area contributed by atoms with Crippen LogP contribution in [0.4, 0.5) is 0 Å². The van der Waals surface area contributed by atoms with E-state index in [1.54, 1.807) is 0 Å². The fourth-order valence-corrected chi connectivity index (χ4v) is 4.09. The molecule has 0 unspecified atom stereocenters. The van der Waals surface area contributed by atoms with E-state index in [2.05, 4.69) is 4.90 Å². The molecule has 0 spiro atoms. The van der Waals surface area contributed by atoms with E-state index in [9.17, 15) is 8.42 Å². The van der Waals surface area contributed by atoms with Gasteiger partial charge in [-0.2, -0.15) is 0 Å². The van der Waals surface area contributed by atoms with Crippen molar-refractivity contribution in [1.29, 1.82) is 0 Å². The Labute approximate surface area is 103 Å². The summed E-state index contributed by atoms with van der Waals surface area (Å²) in [5, 5.41) is -0.154. The average Bonchev–Trinajstić information content (AvgIpc) is 2.30. The normalized spacial score (nSPS) is 19.4. The third-order valence-electron chi connectivity index (χ3n) is 3.38. The first-order chi connectivity index (χ1) is 8.08. The van der Waals surface area contributed by atoms with Gasteiger partial charge in [0, 0.05) is 0 Å². The largest absolute Gasteiger partial charge is 0.306 e. The van der Waals surface area contributed by atoms with E-state index in [1.165, 1.54) is 0 Å². The Hall–Kier alpha value is -0.870. The van der Waals surface area contributed by atoms with E-state index < -0.39 is 9.84 Å². The molecule has 1 aromatic carbocycles. The monoisotopic (exact) mass is 253 g/mol. The Balaban J connectivity index is 2.04. The Kier molecular flexibility index (Phi) is 3.84. The summed E-state index contributed by atoms with van der Waals surface area (Å²) in [7, 11) is -0.945. The minimum Gasteiger partial charge on any atom is -0.306 e. The van der Waals surface area contributed by atoms with Crippen molar-refractivity contribution >= 4 is 9.84 Å². The van der Waals surface area contributed by atoms with Gasteiger partial charge in [0.2, 0.25) is 0 Å². The van der Waals surface area contributed by atoms with Crippen molar-refractivity contribution in [3.8, 4) is 0 Å². The molecule has 1 fully saturated rings. The van der Waals surface area contributed by atoms with Crippen LogP contribution in [-0.4, -0.2) is 38.7 Å². The SMILES string of the molecule is CN1CCC(S(=O)(=O)Cc2ccccc2)CC1. The maximum Gasteiger partial charge on any atom is 0.157 e. The van der Waals surface area contributed by atoms with E-state index in [0.29, 0.717) is 0 Å². The molecule has 0 aromatic heterocycles. The van der Waals surface area contributed by atoms with Crippen LogP contribution in [0.1, 0.15) is 18.4 Å². The number of hydrogen-bond donors (Lipinski definition) is 0. The van der Waals surface area contributed by atoms with Crippen LogP contribution in [0.3, 0.4) is 0 Å². The molecule has 0 bridgehead atoms. The smallest absolute Gasteiger partial charge is 0.157 e. The molecule has 0 saturated carbocycles. The summed E-state index contributed by atoms with van der Waals surface area (Å²) in [5.41, 5.74) is 0.895. The Morgan fingerprint density at radius 2 is 1.76 bits per heavy atom. The van der Waals surface area contributed by atoms with Gasteiger partial charge in [-0.25, -0.2) is 8.42 Å². The second-order valence-electron chi connectivity index (χ2n) is 4.80. The lowest BCUT2D eigenvalue weighted by Gasteiger charge is -2.28. The third-order valence-corrected chi connectivity index (χ3v) is 5.61. The Morgan fingerprint density at radius 1 is 1.18 bits per heavy atom. The molecule has 1 aliphatic rings. The maximum absolute atomic E-state index is 12.2. The molecular weight excluding hydrogens is 234 g/mol. The molecule has 4 heteroatoms. The van der Waals surface area contributed by atoms with Crippen LogP contribution in [0, 0.1) is 0 Å². The predicted molar refractivity (Wildman–Crippen MR) is 69.6 cm³/mol. The number of likely N-dealkylation sites (tertiary alicyclic amines) is 1. The minimum atomic E-state index is -2.99. The van der Waals surface area contributed by atoms with E-state index in [-0.39, 0.29) is 11.0 Å². The summed E-state index contributed by atoms with van der Waals surface area (Å²) >= 11 is 0. The third kappa shape index (κ3) is 3.30. The summed E-state index contributed by atoms with van der Waals surface area (Å²) in [4.78, 5) is 2.19. The Bertz CT molecular complexity index is 448. The molecule has 0 amide bonds. The predicted octanol–water partition coefficient (Wildman–Crippen LogP) is 1.70. The van der Waals surface area contributed by atoms with E-state index in [4.69, 9.17) is 0 Å². The standard InChI is InChI=1S/C13H19NO2S/c1-14-9-7-13(8-10-14)17(15,16)11-12-5-3-2-4-6-12/h2-6,13H,7-11H2,1H3. The molecule has 0 aliphatic carbocycles. The van der Waals surface area contributed by atoms with Crippen LogP contribution in [0.5, 0.6) is 0 Å². The van der Waals surface area contributed by atoms with Crippen LogP contribution < -0.4 is 0 Å². The van der Waals surface area contributed by atoms with Crippen molar-refractivity contribution < 1.29 is 8.42 Å². The van der Waals surface area contributed by atoms with Gasteiger partial charge in [-0.15, -0.1) is 0 Å². The van der Waals surface area contributed by atoms with Crippen LogP contribution in [-0.2, 0) is 15.6 Å². The molecular formula is C13H19NO2S. The maximum atomic E-state index is 12.2. The van der Waals surface area contributed by atoms with Crippen molar-refractivity contribution in [2.24, 2.45) is 0 Å². The van der Waals surface area contributed by atoms with Crippen LogP contribution in [0.2, 0.25) is 0 Å². The zero-order valence-corrected chi connectivity index (χ0v) is 11.0. The fraction of sp³-hybridized carbons (Fsp3) is 0.538. The molecule has 0 radical (unpaired) electrons. The van der Waals surface area contributed by atoms with Crippen LogP contribution >= 0.6 is 0 Å². The van der Waals surface area contributed by atoms with E-state index in [1.807, 2.05) is 37.4 Å². The lowest BCUT2D eigenvalue weighted by atomic mass is 10.1. The van der Waals surface area contributed by atoms with Gasteiger partial charge < -0.3 is 4.90 Å². The summed E-state index contributed by atoms with van der Waals surface area (Å²) < 4.78 is 24.5. The molecule has 2 rings (SSSR count). The molecule has 1 aliphatic heterocycles. The zero-order valence-electron chi connectivity index (χ0n) is 10.2. The molecule has 1 aromatic rings. The van der Waals surface area contributed by atoms with E-state index >= 15 is 0 Å². The summed E-state index contributed by atoms with van der Waals surface area (Å²) in [6.07, 6.45) is 1.54. The molecule has 0 N–H and O–H groups in total. The number of benzene rings is 1. The van der Waals surface area contributed by atoms with Crippen LogP contribution in [0.15, 0.2) is 30.3 Å². The van der Waals surface area contributed by atoms with Gasteiger partial charge in [0.25, 0.3) is 0 Å². The molecule has 94 valence electrons. The van der Waals surface area contributed by atoms with Crippen molar-refractivity contribution in [2.75, 3.05) is 20.1 Å². The first kappa shape index (κ1) is 12.6. The summed E-state index contributed by atoms with van der Waals surface area (Å²) in [6, 6.07) is 9.45. The molecule has 17 heavy (non-hydrogen) atoms. The fourth-order valence-electron chi connectivity index (χ4n) is 2.27. The van der Waals surface area contributed by atoms with Gasteiger partial charge in [0.05, 0.1) is 11.0 Å². The highest BCUT2D eigenvalue weighted by atomic mass is 32.2. The second-order valence-corrected chi connectivity index (χ2v) is 7.08. The molecule has 0 atom stereocenters. The molecule has 1 heterocycles. The van der Waals surface area contributed by atoms with Gasteiger partial charge in [0.1, 0.15) is 0 Å². The zero-order chi connectivity index (χ0) is 12.3. The van der Waals surface area contributed by atoms with Gasteiger partial charge >= 0.3 is 0 Å². The number of hydrogen-bond acceptors (Lipinski definition) is 3.